The third kappa shape index (κ3) is 4.23. The largest absolute Gasteiger partial charge is 0.455 e. The SMILES string of the molecule is O=C(COC(=O)Cc1ccc2c(c1)CCC2)Nc1ccccc1Br. The molecule has 0 saturated heterocycles. The fraction of sp³-hybridized carbons (Fsp3) is 0.263. The molecule has 1 aliphatic rings. The second kappa shape index (κ2) is 7.62. The third-order valence-corrected chi connectivity index (χ3v) is 4.72. The van der Waals surface area contributed by atoms with Gasteiger partial charge in [-0.1, -0.05) is 30.3 Å². The van der Waals surface area contributed by atoms with Gasteiger partial charge < -0.3 is 10.1 Å². The molecule has 0 fully saturated rings. The van der Waals surface area contributed by atoms with Gasteiger partial charge in [0, 0.05) is 4.47 Å². The van der Waals surface area contributed by atoms with Crippen molar-refractivity contribution >= 4 is 33.5 Å². The van der Waals surface area contributed by atoms with Crippen LogP contribution in [0.5, 0.6) is 0 Å². The highest BCUT2D eigenvalue weighted by Crippen LogP contribution is 2.23. The summed E-state index contributed by atoms with van der Waals surface area (Å²) in [5.41, 5.74) is 4.29. The van der Waals surface area contributed by atoms with Gasteiger partial charge in [-0.15, -0.1) is 0 Å². The van der Waals surface area contributed by atoms with E-state index in [2.05, 4.69) is 33.4 Å². The van der Waals surface area contributed by atoms with Crippen LogP contribution in [0.1, 0.15) is 23.1 Å². The number of hydrogen-bond donors (Lipinski definition) is 1. The molecular formula is C19H18BrNO3. The van der Waals surface area contributed by atoms with Crippen molar-refractivity contribution in [3.05, 3.63) is 63.6 Å². The molecular weight excluding hydrogens is 370 g/mol. The second-order valence-corrected chi connectivity index (χ2v) is 6.68. The number of rotatable bonds is 5. The number of esters is 1. The first kappa shape index (κ1) is 16.7. The maximum atomic E-state index is 11.9. The van der Waals surface area contributed by atoms with Crippen LogP contribution in [0.25, 0.3) is 0 Å². The molecule has 0 spiro atoms. The van der Waals surface area contributed by atoms with Gasteiger partial charge in [-0.2, -0.15) is 0 Å². The Morgan fingerprint density at radius 2 is 1.88 bits per heavy atom. The summed E-state index contributed by atoms with van der Waals surface area (Å²) in [4.78, 5) is 23.8. The monoisotopic (exact) mass is 387 g/mol. The molecule has 0 bridgehead atoms. The second-order valence-electron chi connectivity index (χ2n) is 5.82. The predicted molar refractivity (Wildman–Crippen MR) is 95.9 cm³/mol. The van der Waals surface area contributed by atoms with Crippen LogP contribution in [0, 0.1) is 0 Å². The van der Waals surface area contributed by atoms with E-state index in [1.807, 2.05) is 24.3 Å². The van der Waals surface area contributed by atoms with Crippen molar-refractivity contribution in [1.82, 2.24) is 0 Å². The molecule has 2 aromatic carbocycles. The lowest BCUT2D eigenvalue weighted by atomic mass is 10.0. The molecule has 2 aromatic rings. The molecule has 0 unspecified atom stereocenters. The Hall–Kier alpha value is -2.14. The molecule has 1 amide bonds. The summed E-state index contributed by atoms with van der Waals surface area (Å²) in [6.45, 7) is -0.287. The molecule has 0 atom stereocenters. The molecule has 24 heavy (non-hydrogen) atoms. The maximum Gasteiger partial charge on any atom is 0.310 e. The molecule has 3 rings (SSSR count). The number of benzene rings is 2. The van der Waals surface area contributed by atoms with E-state index in [1.54, 1.807) is 6.07 Å². The van der Waals surface area contributed by atoms with Gasteiger partial charge >= 0.3 is 5.97 Å². The fourth-order valence-electron chi connectivity index (χ4n) is 2.85. The zero-order valence-electron chi connectivity index (χ0n) is 13.2. The summed E-state index contributed by atoms with van der Waals surface area (Å²) < 4.78 is 5.85. The van der Waals surface area contributed by atoms with Crippen LogP contribution in [0.4, 0.5) is 5.69 Å². The Kier molecular flexibility index (Phi) is 5.30. The summed E-state index contributed by atoms with van der Waals surface area (Å²) >= 11 is 3.35. The molecule has 0 saturated carbocycles. The minimum Gasteiger partial charge on any atom is -0.455 e. The minimum absolute atomic E-state index is 0.190. The lowest BCUT2D eigenvalue weighted by molar-refractivity contribution is -0.146. The smallest absolute Gasteiger partial charge is 0.310 e. The average Bonchev–Trinajstić information content (AvgIpc) is 3.03. The van der Waals surface area contributed by atoms with Crippen LogP contribution >= 0.6 is 15.9 Å². The number of ether oxygens (including phenoxy) is 1. The third-order valence-electron chi connectivity index (χ3n) is 4.02. The number of aryl methyl sites for hydroxylation is 2. The van der Waals surface area contributed by atoms with Gasteiger partial charge in [0.2, 0.25) is 0 Å². The van der Waals surface area contributed by atoms with Crippen molar-refractivity contribution in [3.63, 3.8) is 0 Å². The maximum absolute atomic E-state index is 11.9. The van der Waals surface area contributed by atoms with E-state index >= 15 is 0 Å². The van der Waals surface area contributed by atoms with Gasteiger partial charge in [0.05, 0.1) is 12.1 Å². The van der Waals surface area contributed by atoms with Crippen molar-refractivity contribution in [2.24, 2.45) is 0 Å². The summed E-state index contributed by atoms with van der Waals surface area (Å²) in [5.74, 6) is -0.751. The van der Waals surface area contributed by atoms with Gasteiger partial charge in [0.25, 0.3) is 5.91 Å². The van der Waals surface area contributed by atoms with Crippen LogP contribution in [0.3, 0.4) is 0 Å². The summed E-state index contributed by atoms with van der Waals surface area (Å²) in [5, 5.41) is 2.70. The zero-order valence-corrected chi connectivity index (χ0v) is 14.8. The highest BCUT2D eigenvalue weighted by Gasteiger charge is 2.14. The van der Waals surface area contributed by atoms with Crippen LogP contribution < -0.4 is 5.32 Å². The molecule has 1 aliphatic carbocycles. The van der Waals surface area contributed by atoms with Crippen molar-refractivity contribution in [1.29, 1.82) is 0 Å². The number of hydrogen-bond acceptors (Lipinski definition) is 3. The van der Waals surface area contributed by atoms with Gasteiger partial charge in [-0.3, -0.25) is 9.59 Å². The number of anilines is 1. The predicted octanol–water partition coefficient (Wildman–Crippen LogP) is 3.66. The Morgan fingerprint density at radius 3 is 2.71 bits per heavy atom. The highest BCUT2D eigenvalue weighted by molar-refractivity contribution is 9.10. The molecule has 124 valence electrons. The standard InChI is InChI=1S/C19H18BrNO3/c20-16-6-1-2-7-17(16)21-18(22)12-24-19(23)11-13-8-9-14-4-3-5-15(14)10-13/h1-2,6-10H,3-5,11-12H2,(H,21,22). The highest BCUT2D eigenvalue weighted by atomic mass is 79.9. The number of carbonyl (C=O) groups is 2. The molecule has 4 nitrogen and oxygen atoms in total. The molecule has 1 N–H and O–H groups in total. The van der Waals surface area contributed by atoms with E-state index in [1.165, 1.54) is 17.5 Å². The average molecular weight is 388 g/mol. The Bertz CT molecular complexity index is 773. The minimum atomic E-state index is -0.393. The van der Waals surface area contributed by atoms with Gasteiger partial charge in [-0.25, -0.2) is 0 Å². The van der Waals surface area contributed by atoms with E-state index in [0.29, 0.717) is 5.69 Å². The molecule has 0 radical (unpaired) electrons. The number of carbonyl (C=O) groups excluding carboxylic acids is 2. The summed E-state index contributed by atoms with van der Waals surface area (Å²) in [6.07, 6.45) is 3.57. The van der Waals surface area contributed by atoms with Crippen molar-refractivity contribution in [2.45, 2.75) is 25.7 Å². The van der Waals surface area contributed by atoms with Gasteiger partial charge in [0.1, 0.15) is 0 Å². The van der Waals surface area contributed by atoms with Crippen molar-refractivity contribution < 1.29 is 14.3 Å². The molecule has 0 aromatic heterocycles. The van der Waals surface area contributed by atoms with E-state index < -0.39 is 5.97 Å². The van der Waals surface area contributed by atoms with E-state index in [-0.39, 0.29) is 18.9 Å². The number of halogens is 1. The first-order valence-electron chi connectivity index (χ1n) is 7.92. The zero-order chi connectivity index (χ0) is 16.9. The van der Waals surface area contributed by atoms with E-state index in [4.69, 9.17) is 4.74 Å². The van der Waals surface area contributed by atoms with Gasteiger partial charge in [0.15, 0.2) is 6.61 Å². The first-order valence-corrected chi connectivity index (χ1v) is 8.72. The lowest BCUT2D eigenvalue weighted by Crippen LogP contribution is -2.21. The number of amides is 1. The molecule has 0 heterocycles. The lowest BCUT2D eigenvalue weighted by Gasteiger charge is -2.08. The summed E-state index contributed by atoms with van der Waals surface area (Å²) in [7, 11) is 0. The molecule has 0 aliphatic heterocycles. The normalized spacial score (nSPS) is 12.5. The fourth-order valence-corrected chi connectivity index (χ4v) is 3.23. The van der Waals surface area contributed by atoms with Crippen LogP contribution in [0.2, 0.25) is 0 Å². The van der Waals surface area contributed by atoms with E-state index in [9.17, 15) is 9.59 Å². The van der Waals surface area contributed by atoms with Crippen molar-refractivity contribution in [3.8, 4) is 0 Å². The number of fused-ring (bicyclic) bond motifs is 1. The van der Waals surface area contributed by atoms with Gasteiger partial charge in [-0.05, 0) is 64.0 Å². The van der Waals surface area contributed by atoms with E-state index in [0.717, 1.165) is 22.9 Å². The molecule has 5 heteroatoms. The summed E-state index contributed by atoms with van der Waals surface area (Å²) in [6, 6.07) is 13.4. The number of nitrogens with one attached hydrogen (secondary N) is 1. The van der Waals surface area contributed by atoms with Crippen molar-refractivity contribution in [2.75, 3.05) is 11.9 Å². The van der Waals surface area contributed by atoms with Crippen LogP contribution in [-0.4, -0.2) is 18.5 Å². The Morgan fingerprint density at radius 1 is 1.08 bits per heavy atom. The quantitative estimate of drug-likeness (QED) is 0.796. The van der Waals surface area contributed by atoms with Crippen LogP contribution in [-0.2, 0) is 33.6 Å². The Balaban J connectivity index is 1.49. The topological polar surface area (TPSA) is 55.4 Å². The number of para-hydroxylation sites is 1. The van der Waals surface area contributed by atoms with Crippen LogP contribution in [0.15, 0.2) is 46.9 Å². The first-order chi connectivity index (χ1) is 11.6. The Labute approximate surface area is 149 Å².